The van der Waals surface area contributed by atoms with Crippen LogP contribution in [-0.4, -0.2) is 10.1 Å². The van der Waals surface area contributed by atoms with Crippen molar-refractivity contribution in [3.8, 4) is 0 Å². The molecule has 1 aromatic carbocycles. The first kappa shape index (κ1) is 10.6. The van der Waals surface area contributed by atoms with E-state index >= 15 is 0 Å². The molecule has 0 atom stereocenters. The Kier molecular flexibility index (Phi) is 2.87. The van der Waals surface area contributed by atoms with Crippen molar-refractivity contribution in [1.29, 1.82) is 0 Å². The van der Waals surface area contributed by atoms with Gasteiger partial charge in [0.1, 0.15) is 0 Å². The Morgan fingerprint density at radius 1 is 1.38 bits per heavy atom. The second-order valence-electron chi connectivity index (χ2n) is 3.44. The quantitative estimate of drug-likeness (QED) is 0.543. The number of nitrogens with one attached hydrogen (secondary N) is 2. The average molecular weight is 232 g/mol. The summed E-state index contributed by atoms with van der Waals surface area (Å²) < 4.78 is 0. The number of nitrogens with zero attached hydrogens (tertiary/aromatic N) is 1. The zero-order valence-electron chi connectivity index (χ0n) is 8.82. The Labute approximate surface area is 98.8 Å². The smallest absolute Gasteiger partial charge is 0.182 e. The zero-order valence-corrected chi connectivity index (χ0v) is 9.64. The highest BCUT2D eigenvalue weighted by atomic mass is 32.1. The van der Waals surface area contributed by atoms with Gasteiger partial charge in [0, 0.05) is 11.1 Å². The van der Waals surface area contributed by atoms with Crippen LogP contribution in [0.3, 0.4) is 0 Å². The van der Waals surface area contributed by atoms with E-state index in [1.807, 2.05) is 37.3 Å². The minimum absolute atomic E-state index is 0.207. The first-order chi connectivity index (χ1) is 7.66. The van der Waals surface area contributed by atoms with Gasteiger partial charge in [0.2, 0.25) is 0 Å². The van der Waals surface area contributed by atoms with Crippen molar-refractivity contribution in [2.45, 2.75) is 6.92 Å². The molecule has 4 nitrogen and oxygen atoms in total. The van der Waals surface area contributed by atoms with E-state index in [0.717, 1.165) is 22.3 Å². The van der Waals surface area contributed by atoms with Gasteiger partial charge in [-0.2, -0.15) is 0 Å². The van der Waals surface area contributed by atoms with Crippen LogP contribution in [0.5, 0.6) is 0 Å². The summed E-state index contributed by atoms with van der Waals surface area (Å²) in [6, 6.07) is 9.82. The molecule has 1 aromatic heterocycles. The highest BCUT2D eigenvalue weighted by Crippen LogP contribution is 2.21. The second-order valence-corrected chi connectivity index (χ2v) is 3.88. The molecule has 0 spiro atoms. The summed E-state index contributed by atoms with van der Waals surface area (Å²) in [6.07, 6.45) is 0. The number of aromatic nitrogens is 1. The topological polar surface area (TPSA) is 63.0 Å². The SMILES string of the molecule is Cc1cc(NNC(N)=S)c2ccccc2n1. The molecule has 0 saturated carbocycles. The fraction of sp³-hybridized carbons (Fsp3) is 0.0909. The summed E-state index contributed by atoms with van der Waals surface area (Å²) in [5.41, 5.74) is 13.8. The monoisotopic (exact) mass is 232 g/mol. The molecule has 0 fully saturated rings. The average Bonchev–Trinajstić information content (AvgIpc) is 2.25. The molecule has 0 aliphatic heterocycles. The molecule has 2 aromatic rings. The third kappa shape index (κ3) is 2.20. The number of pyridine rings is 1. The molecule has 1 heterocycles. The number of benzene rings is 1. The number of anilines is 1. The maximum atomic E-state index is 5.36. The van der Waals surface area contributed by atoms with E-state index in [4.69, 9.17) is 18.0 Å². The van der Waals surface area contributed by atoms with Crippen molar-refractivity contribution in [2.24, 2.45) is 5.73 Å². The number of nitrogens with two attached hydrogens (primary N) is 1. The molecule has 0 saturated heterocycles. The van der Waals surface area contributed by atoms with E-state index in [2.05, 4.69) is 15.8 Å². The Balaban J connectivity index is 2.46. The fourth-order valence-corrected chi connectivity index (χ4v) is 1.59. The molecule has 0 bridgehead atoms. The van der Waals surface area contributed by atoms with Crippen molar-refractivity contribution in [3.63, 3.8) is 0 Å². The van der Waals surface area contributed by atoms with Crippen LogP contribution in [0.25, 0.3) is 10.9 Å². The molecular formula is C11H12N4S. The number of hydrogen-bond donors (Lipinski definition) is 3. The normalized spacial score (nSPS) is 10.1. The molecular weight excluding hydrogens is 220 g/mol. The lowest BCUT2D eigenvalue weighted by Gasteiger charge is -2.11. The van der Waals surface area contributed by atoms with Crippen molar-refractivity contribution in [1.82, 2.24) is 10.4 Å². The van der Waals surface area contributed by atoms with Crippen LogP contribution in [0.1, 0.15) is 5.69 Å². The van der Waals surface area contributed by atoms with Crippen LogP contribution >= 0.6 is 12.2 Å². The summed E-state index contributed by atoms with van der Waals surface area (Å²) in [7, 11) is 0. The van der Waals surface area contributed by atoms with E-state index in [-0.39, 0.29) is 5.11 Å². The third-order valence-electron chi connectivity index (χ3n) is 2.16. The van der Waals surface area contributed by atoms with E-state index in [0.29, 0.717) is 0 Å². The number of rotatable bonds is 2. The Morgan fingerprint density at radius 2 is 2.12 bits per heavy atom. The van der Waals surface area contributed by atoms with Gasteiger partial charge in [0.05, 0.1) is 11.2 Å². The van der Waals surface area contributed by atoms with E-state index in [1.54, 1.807) is 0 Å². The predicted octanol–water partition coefficient (Wildman–Crippen LogP) is 1.70. The lowest BCUT2D eigenvalue weighted by molar-refractivity contribution is 1.12. The Bertz CT molecular complexity index is 538. The predicted molar refractivity (Wildman–Crippen MR) is 70.0 cm³/mol. The van der Waals surface area contributed by atoms with Gasteiger partial charge in [0.15, 0.2) is 5.11 Å². The van der Waals surface area contributed by atoms with E-state index < -0.39 is 0 Å². The molecule has 2 rings (SSSR count). The first-order valence-electron chi connectivity index (χ1n) is 4.84. The molecule has 0 amide bonds. The molecule has 0 aliphatic carbocycles. The van der Waals surface area contributed by atoms with Crippen LogP contribution in [0.4, 0.5) is 5.69 Å². The van der Waals surface area contributed by atoms with E-state index in [9.17, 15) is 0 Å². The van der Waals surface area contributed by atoms with E-state index in [1.165, 1.54) is 0 Å². The lowest BCUT2D eigenvalue weighted by atomic mass is 10.1. The number of hydrazine groups is 1. The lowest BCUT2D eigenvalue weighted by Crippen LogP contribution is -2.34. The maximum absolute atomic E-state index is 5.36. The van der Waals surface area contributed by atoms with Gasteiger partial charge < -0.3 is 5.73 Å². The number of fused-ring (bicyclic) bond motifs is 1. The molecule has 82 valence electrons. The summed E-state index contributed by atoms with van der Waals surface area (Å²) in [5.74, 6) is 0. The van der Waals surface area contributed by atoms with Crippen LogP contribution in [0, 0.1) is 6.92 Å². The van der Waals surface area contributed by atoms with Gasteiger partial charge in [0.25, 0.3) is 0 Å². The summed E-state index contributed by atoms with van der Waals surface area (Å²) in [6.45, 7) is 1.94. The second kappa shape index (κ2) is 4.32. The third-order valence-corrected chi connectivity index (χ3v) is 2.27. The molecule has 0 unspecified atom stereocenters. The van der Waals surface area contributed by atoms with Gasteiger partial charge in [-0.15, -0.1) is 0 Å². The van der Waals surface area contributed by atoms with Crippen molar-refractivity contribution >= 4 is 33.9 Å². The highest BCUT2D eigenvalue weighted by molar-refractivity contribution is 7.80. The first-order valence-corrected chi connectivity index (χ1v) is 5.25. The number of aryl methyl sites for hydroxylation is 1. The Morgan fingerprint density at radius 3 is 2.88 bits per heavy atom. The van der Waals surface area contributed by atoms with Gasteiger partial charge >= 0.3 is 0 Å². The zero-order chi connectivity index (χ0) is 11.5. The molecule has 4 N–H and O–H groups in total. The van der Waals surface area contributed by atoms with Gasteiger partial charge in [-0.05, 0) is 31.3 Å². The van der Waals surface area contributed by atoms with Crippen LogP contribution in [-0.2, 0) is 0 Å². The number of para-hydroxylation sites is 1. The van der Waals surface area contributed by atoms with Crippen molar-refractivity contribution in [2.75, 3.05) is 5.43 Å². The number of hydrogen-bond acceptors (Lipinski definition) is 3. The fourth-order valence-electron chi connectivity index (χ4n) is 1.54. The van der Waals surface area contributed by atoms with Crippen molar-refractivity contribution < 1.29 is 0 Å². The van der Waals surface area contributed by atoms with Crippen LogP contribution < -0.4 is 16.6 Å². The molecule has 16 heavy (non-hydrogen) atoms. The van der Waals surface area contributed by atoms with Crippen molar-refractivity contribution in [3.05, 3.63) is 36.0 Å². The molecule has 0 radical (unpaired) electrons. The summed E-state index contributed by atoms with van der Waals surface area (Å²) >= 11 is 4.74. The summed E-state index contributed by atoms with van der Waals surface area (Å²) in [4.78, 5) is 4.43. The standard InChI is InChI=1S/C11H12N4S/c1-7-6-10(14-15-11(12)16)8-4-2-3-5-9(8)13-7/h2-6H,1H3,(H,13,14)(H3,12,15,16). The van der Waals surface area contributed by atoms with Crippen LogP contribution in [0.15, 0.2) is 30.3 Å². The minimum atomic E-state index is 0.207. The van der Waals surface area contributed by atoms with Crippen LogP contribution in [0.2, 0.25) is 0 Å². The largest absolute Gasteiger partial charge is 0.375 e. The highest BCUT2D eigenvalue weighted by Gasteiger charge is 2.02. The molecule has 0 aliphatic rings. The van der Waals surface area contributed by atoms with Gasteiger partial charge in [-0.1, -0.05) is 18.2 Å². The maximum Gasteiger partial charge on any atom is 0.182 e. The van der Waals surface area contributed by atoms with Gasteiger partial charge in [-0.3, -0.25) is 15.8 Å². The Hall–Kier alpha value is -1.88. The van der Waals surface area contributed by atoms with Gasteiger partial charge in [-0.25, -0.2) is 0 Å². The minimum Gasteiger partial charge on any atom is -0.375 e. The molecule has 5 heteroatoms. The summed E-state index contributed by atoms with van der Waals surface area (Å²) in [5, 5.41) is 1.23. The number of thiocarbonyl (C=S) groups is 1.